The Morgan fingerprint density at radius 1 is 1.28 bits per heavy atom. The monoisotopic (exact) mass is 335 g/mol. The Balaban J connectivity index is 1.71. The van der Waals surface area contributed by atoms with Crippen LogP contribution in [-0.4, -0.2) is 22.2 Å². The number of hydrogen-bond acceptors (Lipinski definition) is 2. The van der Waals surface area contributed by atoms with E-state index in [9.17, 15) is 9.90 Å². The molecule has 0 radical (unpaired) electrons. The van der Waals surface area contributed by atoms with Gasteiger partial charge in [0, 0.05) is 34.7 Å². The summed E-state index contributed by atoms with van der Waals surface area (Å²) in [5.41, 5.74) is 3.80. The molecule has 4 heterocycles. The number of carbonyl (C=O) groups is 1. The molecule has 2 aromatic heterocycles. The number of fused-ring (bicyclic) bond motifs is 6. The van der Waals surface area contributed by atoms with E-state index in [2.05, 4.69) is 33.9 Å². The number of carboxylic acids is 1. The molecule has 1 aromatic carbocycles. The second kappa shape index (κ2) is 5.09. The molecule has 5 heteroatoms. The maximum Gasteiger partial charge on any atom is 0.335 e. The lowest BCUT2D eigenvalue weighted by Gasteiger charge is -2.36. The van der Waals surface area contributed by atoms with Gasteiger partial charge in [-0.3, -0.25) is 0 Å². The molecular formula is C20H19N2O3+. The second-order valence-electron chi connectivity index (χ2n) is 7.07. The molecule has 3 aromatic rings. The number of aliphatic carboxylic acids is 1. The summed E-state index contributed by atoms with van der Waals surface area (Å²) in [6, 6.07) is 10.4. The van der Waals surface area contributed by atoms with E-state index in [0.717, 1.165) is 17.6 Å². The molecule has 0 fully saturated rings. The van der Waals surface area contributed by atoms with Crippen molar-refractivity contribution in [3.05, 3.63) is 54.1 Å². The van der Waals surface area contributed by atoms with Gasteiger partial charge in [0.05, 0.1) is 17.8 Å². The minimum absolute atomic E-state index is 0.0155. The molecule has 25 heavy (non-hydrogen) atoms. The van der Waals surface area contributed by atoms with Crippen LogP contribution in [0.5, 0.6) is 0 Å². The minimum Gasteiger partial charge on any atom is -0.497 e. The van der Waals surface area contributed by atoms with Crippen molar-refractivity contribution in [2.24, 2.45) is 11.8 Å². The topological polar surface area (TPSA) is 66.2 Å². The first-order valence-corrected chi connectivity index (χ1v) is 8.64. The summed E-state index contributed by atoms with van der Waals surface area (Å²) in [4.78, 5) is 15.2. The molecule has 5 nitrogen and oxygen atoms in total. The third-order valence-electron chi connectivity index (χ3n) is 5.80. The molecule has 0 aliphatic carbocycles. The Hall–Kier alpha value is -2.82. The zero-order chi connectivity index (χ0) is 17.1. The zero-order valence-electron chi connectivity index (χ0n) is 13.9. The number of nitrogens with zero attached hydrogens (tertiary/aromatic N) is 1. The SMILES string of the molecule is CC1OC=C(C(=O)O)C2Cc3c4[nH]c5ccccc5c4cc[n+]3CC12. The van der Waals surface area contributed by atoms with Crippen LogP contribution in [-0.2, 0) is 22.5 Å². The molecule has 0 saturated carbocycles. The van der Waals surface area contributed by atoms with Gasteiger partial charge in [0.2, 0.25) is 5.69 Å². The summed E-state index contributed by atoms with van der Waals surface area (Å²) in [7, 11) is 0. The first-order valence-electron chi connectivity index (χ1n) is 8.64. The van der Waals surface area contributed by atoms with E-state index in [0.29, 0.717) is 12.0 Å². The molecule has 2 N–H and O–H groups in total. The molecule has 0 saturated heterocycles. The summed E-state index contributed by atoms with van der Waals surface area (Å²) in [5, 5.41) is 12.0. The number of H-pyrrole nitrogens is 1. The van der Waals surface area contributed by atoms with E-state index in [1.165, 1.54) is 22.7 Å². The van der Waals surface area contributed by atoms with Crippen LogP contribution in [0, 0.1) is 11.8 Å². The molecule has 2 aliphatic heterocycles. The maximum absolute atomic E-state index is 11.7. The van der Waals surface area contributed by atoms with Crippen molar-refractivity contribution >= 4 is 27.8 Å². The lowest BCUT2D eigenvalue weighted by atomic mass is 9.76. The van der Waals surface area contributed by atoms with Gasteiger partial charge in [0.1, 0.15) is 11.6 Å². The van der Waals surface area contributed by atoms with Crippen LogP contribution in [0.4, 0.5) is 0 Å². The number of hydrogen-bond donors (Lipinski definition) is 2. The van der Waals surface area contributed by atoms with E-state index < -0.39 is 5.97 Å². The maximum atomic E-state index is 11.7. The molecule has 2 aliphatic rings. The highest BCUT2D eigenvalue weighted by atomic mass is 16.5. The fourth-order valence-corrected chi connectivity index (χ4v) is 4.46. The number of rotatable bonds is 1. The lowest BCUT2D eigenvalue weighted by Crippen LogP contribution is -2.53. The van der Waals surface area contributed by atoms with Crippen molar-refractivity contribution in [2.75, 3.05) is 0 Å². The van der Waals surface area contributed by atoms with E-state index in [-0.39, 0.29) is 17.9 Å². The largest absolute Gasteiger partial charge is 0.497 e. The average Bonchev–Trinajstić information content (AvgIpc) is 3.00. The molecule has 3 atom stereocenters. The predicted octanol–water partition coefficient (Wildman–Crippen LogP) is 2.78. The van der Waals surface area contributed by atoms with Crippen LogP contribution >= 0.6 is 0 Å². The van der Waals surface area contributed by atoms with Crippen LogP contribution in [0.15, 0.2) is 48.4 Å². The van der Waals surface area contributed by atoms with Gasteiger partial charge >= 0.3 is 5.97 Å². The molecule has 3 unspecified atom stereocenters. The molecule has 0 bridgehead atoms. The summed E-state index contributed by atoms with van der Waals surface area (Å²) >= 11 is 0. The standard InChI is InChI=1S/C20H18N2O3/c1-11-15-9-22-7-6-13-12-4-2-3-5-17(12)21-19(13)18(22)8-14(15)16(10-25-11)20(23)24/h2-7,10-11,14-15H,8-9H2,1H3,(H,23,24)/p+1. The fourth-order valence-electron chi connectivity index (χ4n) is 4.46. The van der Waals surface area contributed by atoms with Crippen molar-refractivity contribution in [2.45, 2.75) is 26.0 Å². The Morgan fingerprint density at radius 3 is 2.96 bits per heavy atom. The number of benzene rings is 1. The highest BCUT2D eigenvalue weighted by molar-refractivity contribution is 6.07. The van der Waals surface area contributed by atoms with Gasteiger partial charge in [-0.1, -0.05) is 18.2 Å². The van der Waals surface area contributed by atoms with E-state index >= 15 is 0 Å². The first-order chi connectivity index (χ1) is 12.1. The molecule has 5 rings (SSSR count). The fraction of sp³-hybridized carbons (Fsp3) is 0.300. The summed E-state index contributed by atoms with van der Waals surface area (Å²) < 4.78 is 7.86. The van der Waals surface area contributed by atoms with E-state index in [1.54, 1.807) is 0 Å². The van der Waals surface area contributed by atoms with Gasteiger partial charge in [-0.2, -0.15) is 0 Å². The highest BCUT2D eigenvalue weighted by Crippen LogP contribution is 2.38. The highest BCUT2D eigenvalue weighted by Gasteiger charge is 2.45. The van der Waals surface area contributed by atoms with E-state index in [1.807, 2.05) is 19.1 Å². The summed E-state index contributed by atoms with van der Waals surface area (Å²) in [5.74, 6) is -0.715. The lowest BCUT2D eigenvalue weighted by molar-refractivity contribution is -0.717. The number of para-hydroxylation sites is 1. The third kappa shape index (κ3) is 2.02. The van der Waals surface area contributed by atoms with Crippen LogP contribution in [0.1, 0.15) is 12.6 Å². The number of ether oxygens (including phenoxy) is 1. The van der Waals surface area contributed by atoms with Crippen molar-refractivity contribution < 1.29 is 19.2 Å². The predicted molar refractivity (Wildman–Crippen MR) is 92.9 cm³/mol. The van der Waals surface area contributed by atoms with Crippen LogP contribution in [0.25, 0.3) is 21.8 Å². The zero-order valence-corrected chi connectivity index (χ0v) is 13.9. The summed E-state index contributed by atoms with van der Waals surface area (Å²) in [6.45, 7) is 2.80. The van der Waals surface area contributed by atoms with E-state index in [4.69, 9.17) is 4.74 Å². The number of aromatic amines is 1. The molecular weight excluding hydrogens is 316 g/mol. The number of aromatic nitrogens is 2. The van der Waals surface area contributed by atoms with Crippen molar-refractivity contribution in [3.8, 4) is 0 Å². The van der Waals surface area contributed by atoms with Crippen molar-refractivity contribution in [1.29, 1.82) is 0 Å². The minimum atomic E-state index is -0.876. The smallest absolute Gasteiger partial charge is 0.335 e. The van der Waals surface area contributed by atoms with Crippen LogP contribution in [0.2, 0.25) is 0 Å². The third-order valence-corrected chi connectivity index (χ3v) is 5.80. The molecule has 126 valence electrons. The summed E-state index contributed by atoms with van der Waals surface area (Å²) in [6.07, 6.45) is 4.31. The second-order valence-corrected chi connectivity index (χ2v) is 7.07. The molecule has 0 spiro atoms. The van der Waals surface area contributed by atoms with Crippen LogP contribution < -0.4 is 4.57 Å². The van der Waals surface area contributed by atoms with Gasteiger partial charge in [-0.15, -0.1) is 0 Å². The molecule has 0 amide bonds. The normalized spacial score (nSPS) is 25.2. The number of carboxylic acid groups (broad SMARTS) is 1. The quantitative estimate of drug-likeness (QED) is 0.672. The Morgan fingerprint density at radius 2 is 2.12 bits per heavy atom. The Kier molecular flexibility index (Phi) is 2.95. The van der Waals surface area contributed by atoms with Crippen LogP contribution in [0.3, 0.4) is 0 Å². The van der Waals surface area contributed by atoms with Crippen molar-refractivity contribution in [3.63, 3.8) is 0 Å². The van der Waals surface area contributed by atoms with Gasteiger partial charge in [-0.05, 0) is 13.0 Å². The van der Waals surface area contributed by atoms with Crippen molar-refractivity contribution in [1.82, 2.24) is 4.98 Å². The first kappa shape index (κ1) is 14.5. The average molecular weight is 335 g/mol. The van der Waals surface area contributed by atoms with Gasteiger partial charge in [0.25, 0.3) is 0 Å². The van der Waals surface area contributed by atoms with Gasteiger partial charge in [0.15, 0.2) is 12.7 Å². The van der Waals surface area contributed by atoms with Gasteiger partial charge < -0.3 is 14.8 Å². The Bertz CT molecular complexity index is 1050. The number of nitrogens with one attached hydrogen (secondary N) is 1. The Labute approximate surface area is 144 Å². The number of pyridine rings is 1. The van der Waals surface area contributed by atoms with Gasteiger partial charge in [-0.25, -0.2) is 9.36 Å².